The van der Waals surface area contributed by atoms with Gasteiger partial charge in [0.1, 0.15) is 6.04 Å². The summed E-state index contributed by atoms with van der Waals surface area (Å²) in [6.45, 7) is 7.47. The third-order valence-corrected chi connectivity index (χ3v) is 3.61. The van der Waals surface area contributed by atoms with E-state index in [2.05, 4.69) is 11.9 Å². The lowest BCUT2D eigenvalue weighted by molar-refractivity contribution is -0.142. The van der Waals surface area contributed by atoms with Crippen LogP contribution in [0.25, 0.3) is 0 Å². The lowest BCUT2D eigenvalue weighted by atomic mass is 9.93. The molecule has 0 saturated carbocycles. The highest BCUT2D eigenvalue weighted by molar-refractivity contribution is 5.85. The van der Waals surface area contributed by atoms with E-state index in [-0.39, 0.29) is 18.2 Å². The van der Waals surface area contributed by atoms with Crippen LogP contribution >= 0.6 is 0 Å². The van der Waals surface area contributed by atoms with E-state index >= 15 is 0 Å². The second kappa shape index (κ2) is 8.25. The summed E-state index contributed by atoms with van der Waals surface area (Å²) in [7, 11) is 0. The molecular formula is C17H23NO3. The van der Waals surface area contributed by atoms with Gasteiger partial charge in [-0.3, -0.25) is 4.79 Å². The molecule has 1 amide bonds. The maximum atomic E-state index is 12.3. The number of carbonyl (C=O) groups is 2. The van der Waals surface area contributed by atoms with Crippen molar-refractivity contribution in [2.75, 3.05) is 0 Å². The molecule has 1 aromatic carbocycles. The molecule has 0 radical (unpaired) electrons. The van der Waals surface area contributed by atoms with Gasteiger partial charge in [-0.05, 0) is 37.3 Å². The van der Waals surface area contributed by atoms with Crippen LogP contribution in [0, 0.1) is 12.8 Å². The number of carboxylic acids is 1. The van der Waals surface area contributed by atoms with Crippen molar-refractivity contribution >= 4 is 11.9 Å². The van der Waals surface area contributed by atoms with E-state index in [4.69, 9.17) is 5.11 Å². The Morgan fingerprint density at radius 2 is 2.05 bits per heavy atom. The van der Waals surface area contributed by atoms with Gasteiger partial charge < -0.3 is 10.4 Å². The van der Waals surface area contributed by atoms with Crippen LogP contribution in [0.3, 0.4) is 0 Å². The molecule has 1 aromatic rings. The highest BCUT2D eigenvalue weighted by Crippen LogP contribution is 2.16. The Labute approximate surface area is 125 Å². The van der Waals surface area contributed by atoms with Gasteiger partial charge in [-0.15, -0.1) is 6.58 Å². The molecular weight excluding hydrogens is 266 g/mol. The largest absolute Gasteiger partial charge is 0.480 e. The zero-order valence-corrected chi connectivity index (χ0v) is 12.6. The summed E-state index contributed by atoms with van der Waals surface area (Å²) in [4.78, 5) is 23.4. The SMILES string of the molecule is C=CCC(NC(=O)C(CC)Cc1ccccc1C)C(=O)O. The zero-order chi connectivity index (χ0) is 15.8. The highest BCUT2D eigenvalue weighted by atomic mass is 16.4. The Hall–Kier alpha value is -2.10. The van der Waals surface area contributed by atoms with E-state index in [1.54, 1.807) is 0 Å². The molecule has 21 heavy (non-hydrogen) atoms. The first kappa shape index (κ1) is 17.0. The molecule has 0 aromatic heterocycles. The third-order valence-electron chi connectivity index (χ3n) is 3.61. The van der Waals surface area contributed by atoms with Gasteiger partial charge >= 0.3 is 5.97 Å². The highest BCUT2D eigenvalue weighted by Gasteiger charge is 2.23. The van der Waals surface area contributed by atoms with Crippen LogP contribution in [-0.4, -0.2) is 23.0 Å². The fourth-order valence-corrected chi connectivity index (χ4v) is 2.20. The summed E-state index contributed by atoms with van der Waals surface area (Å²) >= 11 is 0. The molecule has 0 fully saturated rings. The summed E-state index contributed by atoms with van der Waals surface area (Å²) in [5.74, 6) is -1.47. The van der Waals surface area contributed by atoms with Crippen molar-refractivity contribution in [2.24, 2.45) is 5.92 Å². The summed E-state index contributed by atoms with van der Waals surface area (Å²) < 4.78 is 0. The standard InChI is InChI=1S/C17H23NO3/c1-4-8-15(17(20)21)18-16(19)13(5-2)11-14-10-7-6-9-12(14)3/h4,6-7,9-10,13,15H,1,5,8,11H2,2-3H3,(H,18,19)(H,20,21). The van der Waals surface area contributed by atoms with Gasteiger partial charge in [0.2, 0.25) is 5.91 Å². The molecule has 0 aliphatic carbocycles. The molecule has 0 heterocycles. The first-order valence-corrected chi connectivity index (χ1v) is 7.18. The van der Waals surface area contributed by atoms with Gasteiger partial charge in [-0.25, -0.2) is 4.79 Å². The van der Waals surface area contributed by atoms with Crippen molar-refractivity contribution in [2.45, 2.75) is 39.2 Å². The Balaban J connectivity index is 2.75. The number of benzene rings is 1. The number of carbonyl (C=O) groups excluding carboxylic acids is 1. The van der Waals surface area contributed by atoms with Crippen LogP contribution in [0.2, 0.25) is 0 Å². The fraction of sp³-hybridized carbons (Fsp3) is 0.412. The normalized spacial score (nSPS) is 13.2. The second-order valence-corrected chi connectivity index (χ2v) is 5.16. The molecule has 4 heteroatoms. The number of carboxylic acid groups (broad SMARTS) is 1. The van der Waals surface area contributed by atoms with Crippen LogP contribution in [0.5, 0.6) is 0 Å². The van der Waals surface area contributed by atoms with E-state index in [1.807, 2.05) is 38.1 Å². The van der Waals surface area contributed by atoms with E-state index in [0.29, 0.717) is 12.8 Å². The Morgan fingerprint density at radius 1 is 1.38 bits per heavy atom. The number of aliphatic carboxylic acids is 1. The van der Waals surface area contributed by atoms with Gasteiger partial charge in [0.15, 0.2) is 0 Å². The quantitative estimate of drug-likeness (QED) is 0.723. The minimum Gasteiger partial charge on any atom is -0.480 e. The minimum absolute atomic E-state index is 0.213. The fourth-order valence-electron chi connectivity index (χ4n) is 2.20. The smallest absolute Gasteiger partial charge is 0.326 e. The number of aryl methyl sites for hydroxylation is 1. The molecule has 1 rings (SSSR count). The molecule has 0 saturated heterocycles. The topological polar surface area (TPSA) is 66.4 Å². The number of hydrogen-bond donors (Lipinski definition) is 2. The molecule has 4 nitrogen and oxygen atoms in total. The molecule has 0 aliphatic heterocycles. The van der Waals surface area contributed by atoms with E-state index in [0.717, 1.165) is 11.1 Å². The average Bonchev–Trinajstić information content (AvgIpc) is 2.45. The maximum Gasteiger partial charge on any atom is 0.326 e. The average molecular weight is 289 g/mol. The van der Waals surface area contributed by atoms with Gasteiger partial charge in [-0.2, -0.15) is 0 Å². The third kappa shape index (κ3) is 5.06. The van der Waals surface area contributed by atoms with E-state index < -0.39 is 12.0 Å². The second-order valence-electron chi connectivity index (χ2n) is 5.16. The Morgan fingerprint density at radius 3 is 2.57 bits per heavy atom. The van der Waals surface area contributed by atoms with E-state index in [9.17, 15) is 9.59 Å². The molecule has 0 bridgehead atoms. The summed E-state index contributed by atoms with van der Waals surface area (Å²) in [6, 6.07) is 7.03. The monoisotopic (exact) mass is 289 g/mol. The van der Waals surface area contributed by atoms with Crippen molar-refractivity contribution in [3.8, 4) is 0 Å². The van der Waals surface area contributed by atoms with Crippen LogP contribution < -0.4 is 5.32 Å². The van der Waals surface area contributed by atoms with Gasteiger partial charge in [0, 0.05) is 5.92 Å². The first-order valence-electron chi connectivity index (χ1n) is 7.18. The number of hydrogen-bond acceptors (Lipinski definition) is 2. The van der Waals surface area contributed by atoms with Crippen LogP contribution in [0.1, 0.15) is 30.9 Å². The van der Waals surface area contributed by atoms with Gasteiger partial charge in [0.25, 0.3) is 0 Å². The van der Waals surface area contributed by atoms with Gasteiger partial charge in [-0.1, -0.05) is 37.3 Å². The molecule has 114 valence electrons. The first-order chi connectivity index (χ1) is 9.99. The molecule has 0 spiro atoms. The molecule has 2 atom stereocenters. The number of amides is 1. The van der Waals surface area contributed by atoms with Crippen LogP contribution in [0.15, 0.2) is 36.9 Å². The van der Waals surface area contributed by atoms with Crippen molar-refractivity contribution in [3.05, 3.63) is 48.0 Å². The number of nitrogens with one attached hydrogen (secondary N) is 1. The van der Waals surface area contributed by atoms with Crippen molar-refractivity contribution in [1.29, 1.82) is 0 Å². The van der Waals surface area contributed by atoms with Crippen molar-refractivity contribution in [3.63, 3.8) is 0 Å². The molecule has 0 aliphatic rings. The lowest BCUT2D eigenvalue weighted by Gasteiger charge is -2.19. The molecule has 2 unspecified atom stereocenters. The predicted octanol–water partition coefficient (Wildman–Crippen LogP) is 2.71. The zero-order valence-electron chi connectivity index (χ0n) is 12.6. The van der Waals surface area contributed by atoms with Crippen molar-refractivity contribution in [1.82, 2.24) is 5.32 Å². The lowest BCUT2D eigenvalue weighted by Crippen LogP contribution is -2.43. The number of rotatable bonds is 8. The maximum absolute atomic E-state index is 12.3. The van der Waals surface area contributed by atoms with Crippen LogP contribution in [-0.2, 0) is 16.0 Å². The minimum atomic E-state index is -1.03. The van der Waals surface area contributed by atoms with E-state index in [1.165, 1.54) is 6.08 Å². The summed E-state index contributed by atoms with van der Waals surface area (Å²) in [5, 5.41) is 11.7. The predicted molar refractivity (Wildman–Crippen MR) is 83.0 cm³/mol. The molecule has 2 N–H and O–H groups in total. The Kier molecular flexibility index (Phi) is 6.66. The summed E-state index contributed by atoms with van der Waals surface area (Å²) in [6.07, 6.45) is 3.01. The Bertz CT molecular complexity index is 511. The van der Waals surface area contributed by atoms with Crippen LogP contribution in [0.4, 0.5) is 0 Å². The van der Waals surface area contributed by atoms with Crippen molar-refractivity contribution < 1.29 is 14.7 Å². The van der Waals surface area contributed by atoms with Gasteiger partial charge in [0.05, 0.1) is 0 Å². The summed E-state index contributed by atoms with van der Waals surface area (Å²) in [5.41, 5.74) is 2.26.